The van der Waals surface area contributed by atoms with E-state index in [-0.39, 0.29) is 12.4 Å². The fourth-order valence-electron chi connectivity index (χ4n) is 3.48. The average molecular weight is 467 g/mol. The molecule has 1 saturated heterocycles. The number of imidazole rings is 1. The molecule has 0 radical (unpaired) electrons. The van der Waals surface area contributed by atoms with E-state index < -0.39 is 0 Å². The number of anilines is 1. The number of aryl methyl sites for hydroxylation is 2. The van der Waals surface area contributed by atoms with Crippen LogP contribution in [-0.2, 0) is 13.0 Å². The molecule has 0 spiro atoms. The van der Waals surface area contributed by atoms with Gasteiger partial charge in [-0.2, -0.15) is 0 Å². The maximum atomic E-state index is 5.58. The van der Waals surface area contributed by atoms with Gasteiger partial charge in [-0.1, -0.05) is 0 Å². The molecule has 0 amide bonds. The molecule has 2 aliphatic heterocycles. The van der Waals surface area contributed by atoms with Crippen LogP contribution in [0.5, 0.6) is 5.75 Å². The van der Waals surface area contributed by atoms with Crippen LogP contribution in [0, 0.1) is 0 Å². The van der Waals surface area contributed by atoms with E-state index in [0.29, 0.717) is 0 Å². The van der Waals surface area contributed by atoms with Gasteiger partial charge in [-0.25, -0.2) is 4.98 Å². The number of nitrogens with zero attached hydrogens (tertiary/aromatic N) is 3. The lowest BCUT2D eigenvalue weighted by atomic mass is 10.0. The number of piperazine rings is 1. The molecule has 1 fully saturated rings. The highest BCUT2D eigenvalue weighted by molar-refractivity contribution is 9.11. The first-order chi connectivity index (χ1) is 10.7. The van der Waals surface area contributed by atoms with Crippen LogP contribution < -0.4 is 15.0 Å². The SMILES string of the molecule is COc1c(Br)c2c3c(nc(N4CCNCC4)n3CCC2)c1Br.Cl. The van der Waals surface area contributed by atoms with Crippen LogP contribution in [0.2, 0.25) is 0 Å². The molecule has 2 aromatic rings. The van der Waals surface area contributed by atoms with Crippen molar-refractivity contribution < 1.29 is 4.74 Å². The maximum Gasteiger partial charge on any atom is 0.206 e. The van der Waals surface area contributed by atoms with Gasteiger partial charge >= 0.3 is 0 Å². The van der Waals surface area contributed by atoms with Crippen molar-refractivity contribution in [3.8, 4) is 5.75 Å². The van der Waals surface area contributed by atoms with Crippen LogP contribution in [0.4, 0.5) is 5.95 Å². The number of methoxy groups -OCH3 is 1. The molecule has 0 aliphatic carbocycles. The molecule has 23 heavy (non-hydrogen) atoms. The summed E-state index contributed by atoms with van der Waals surface area (Å²) < 4.78 is 9.96. The normalized spacial score (nSPS) is 17.3. The summed E-state index contributed by atoms with van der Waals surface area (Å²) >= 11 is 7.42. The van der Waals surface area contributed by atoms with Crippen LogP contribution in [-0.4, -0.2) is 42.8 Å². The topological polar surface area (TPSA) is 42.3 Å². The standard InChI is InChI=1S/C15H18Br2N4O.ClH/c1-22-14-10(16)9-3-2-6-21-13(9)12(11(14)17)19-15(21)20-7-4-18-5-8-20;/h18H,2-8H2,1H3;1H. The molecule has 8 heteroatoms. The predicted molar refractivity (Wildman–Crippen MR) is 102 cm³/mol. The lowest BCUT2D eigenvalue weighted by molar-refractivity contribution is 0.409. The Balaban J connectivity index is 0.00000156. The maximum absolute atomic E-state index is 5.58. The van der Waals surface area contributed by atoms with Crippen molar-refractivity contribution in [3.63, 3.8) is 0 Å². The van der Waals surface area contributed by atoms with Gasteiger partial charge in [-0.15, -0.1) is 12.4 Å². The molecule has 0 unspecified atom stereocenters. The van der Waals surface area contributed by atoms with E-state index in [1.165, 1.54) is 11.1 Å². The lowest BCUT2D eigenvalue weighted by Gasteiger charge is -2.29. The van der Waals surface area contributed by atoms with Gasteiger partial charge in [0.2, 0.25) is 5.95 Å². The molecule has 3 heterocycles. The summed E-state index contributed by atoms with van der Waals surface area (Å²) in [5.74, 6) is 1.94. The highest BCUT2D eigenvalue weighted by atomic mass is 79.9. The Morgan fingerprint density at radius 1 is 1.13 bits per heavy atom. The number of hydrogen-bond acceptors (Lipinski definition) is 4. The van der Waals surface area contributed by atoms with Gasteiger partial charge in [0.15, 0.2) is 0 Å². The van der Waals surface area contributed by atoms with Crippen molar-refractivity contribution in [2.24, 2.45) is 0 Å². The third-order valence-electron chi connectivity index (χ3n) is 4.52. The zero-order chi connectivity index (χ0) is 15.3. The molecule has 2 aliphatic rings. The number of rotatable bonds is 2. The summed E-state index contributed by atoms with van der Waals surface area (Å²) in [6, 6.07) is 0. The minimum atomic E-state index is 0. The first-order valence-corrected chi connectivity index (χ1v) is 9.20. The molecule has 5 nitrogen and oxygen atoms in total. The number of hydrogen-bond donors (Lipinski definition) is 1. The first kappa shape index (κ1) is 17.3. The van der Waals surface area contributed by atoms with E-state index in [9.17, 15) is 0 Å². The molecule has 1 aromatic carbocycles. The second-order valence-electron chi connectivity index (χ2n) is 5.74. The molecular formula is C15H19Br2ClN4O. The summed E-state index contributed by atoms with van der Waals surface area (Å²) in [6.45, 7) is 5.09. The number of ether oxygens (including phenoxy) is 1. The highest BCUT2D eigenvalue weighted by Gasteiger charge is 2.28. The van der Waals surface area contributed by atoms with Gasteiger partial charge in [-0.05, 0) is 50.3 Å². The quantitative estimate of drug-likeness (QED) is 0.737. The molecule has 126 valence electrons. The van der Waals surface area contributed by atoms with Gasteiger partial charge in [0.05, 0.1) is 21.6 Å². The smallest absolute Gasteiger partial charge is 0.206 e. The van der Waals surface area contributed by atoms with Crippen molar-refractivity contribution in [1.82, 2.24) is 14.9 Å². The Hall–Kier alpha value is -0.500. The van der Waals surface area contributed by atoms with Gasteiger partial charge in [-0.3, -0.25) is 0 Å². The van der Waals surface area contributed by atoms with Gasteiger partial charge in [0, 0.05) is 32.7 Å². The third-order valence-corrected chi connectivity index (χ3v) is 6.09. The van der Waals surface area contributed by atoms with Crippen LogP contribution in [0.25, 0.3) is 11.0 Å². The Morgan fingerprint density at radius 2 is 1.87 bits per heavy atom. The van der Waals surface area contributed by atoms with E-state index in [4.69, 9.17) is 9.72 Å². The van der Waals surface area contributed by atoms with Crippen molar-refractivity contribution in [1.29, 1.82) is 0 Å². The van der Waals surface area contributed by atoms with E-state index in [1.54, 1.807) is 7.11 Å². The molecule has 0 bridgehead atoms. The molecular weight excluding hydrogens is 447 g/mol. The zero-order valence-corrected chi connectivity index (χ0v) is 16.9. The van der Waals surface area contributed by atoms with Crippen LogP contribution in [0.1, 0.15) is 12.0 Å². The fourth-order valence-corrected chi connectivity index (χ4v) is 5.13. The number of halogens is 3. The molecule has 1 aromatic heterocycles. The predicted octanol–water partition coefficient (Wildman–Crippen LogP) is 3.35. The second kappa shape index (κ2) is 6.78. The second-order valence-corrected chi connectivity index (χ2v) is 7.33. The third kappa shape index (κ3) is 2.65. The summed E-state index contributed by atoms with van der Waals surface area (Å²) in [5.41, 5.74) is 3.58. The minimum absolute atomic E-state index is 0. The van der Waals surface area contributed by atoms with Gasteiger partial charge in [0.1, 0.15) is 11.3 Å². The van der Waals surface area contributed by atoms with E-state index in [1.807, 2.05) is 0 Å². The lowest BCUT2D eigenvalue weighted by Crippen LogP contribution is -2.44. The highest BCUT2D eigenvalue weighted by Crippen LogP contribution is 2.45. The summed E-state index contributed by atoms with van der Waals surface area (Å²) in [7, 11) is 1.71. The summed E-state index contributed by atoms with van der Waals surface area (Å²) in [6.07, 6.45) is 2.20. The summed E-state index contributed by atoms with van der Waals surface area (Å²) in [5, 5.41) is 3.40. The molecule has 0 atom stereocenters. The largest absolute Gasteiger partial charge is 0.494 e. The van der Waals surface area contributed by atoms with Crippen LogP contribution in [0.15, 0.2) is 8.95 Å². The first-order valence-electron chi connectivity index (χ1n) is 7.62. The fraction of sp³-hybridized carbons (Fsp3) is 0.533. The van der Waals surface area contributed by atoms with E-state index in [0.717, 1.165) is 71.7 Å². The van der Waals surface area contributed by atoms with Crippen molar-refractivity contribution in [2.75, 3.05) is 38.2 Å². The van der Waals surface area contributed by atoms with Crippen LogP contribution >= 0.6 is 44.3 Å². The van der Waals surface area contributed by atoms with E-state index >= 15 is 0 Å². The molecule has 1 N–H and O–H groups in total. The van der Waals surface area contributed by atoms with Crippen molar-refractivity contribution >= 4 is 61.2 Å². The Morgan fingerprint density at radius 3 is 2.57 bits per heavy atom. The van der Waals surface area contributed by atoms with Gasteiger partial charge < -0.3 is 19.5 Å². The molecule has 4 rings (SSSR count). The van der Waals surface area contributed by atoms with Crippen molar-refractivity contribution in [2.45, 2.75) is 19.4 Å². The van der Waals surface area contributed by atoms with Gasteiger partial charge in [0.25, 0.3) is 0 Å². The average Bonchev–Trinajstić information content (AvgIpc) is 2.95. The number of aromatic nitrogens is 2. The molecule has 0 saturated carbocycles. The Labute approximate surface area is 158 Å². The van der Waals surface area contributed by atoms with E-state index in [2.05, 4.69) is 46.6 Å². The number of nitrogens with one attached hydrogen (secondary N) is 1. The Bertz CT molecular complexity index is 743. The monoisotopic (exact) mass is 464 g/mol. The zero-order valence-electron chi connectivity index (χ0n) is 12.9. The Kier molecular flexibility index (Phi) is 5.11. The van der Waals surface area contributed by atoms with Crippen LogP contribution in [0.3, 0.4) is 0 Å². The minimum Gasteiger partial charge on any atom is -0.494 e. The summed E-state index contributed by atoms with van der Waals surface area (Å²) in [4.78, 5) is 7.36. The number of benzene rings is 1. The van der Waals surface area contributed by atoms with Crippen molar-refractivity contribution in [3.05, 3.63) is 14.5 Å².